The van der Waals surface area contributed by atoms with Gasteiger partial charge < -0.3 is 5.32 Å². The molecule has 0 saturated carbocycles. The largest absolute Gasteiger partial charge is 0.314 e. The van der Waals surface area contributed by atoms with Crippen LogP contribution in [-0.4, -0.2) is 26.0 Å². The van der Waals surface area contributed by atoms with Crippen molar-refractivity contribution in [3.8, 4) is 5.82 Å². The van der Waals surface area contributed by atoms with E-state index < -0.39 is 0 Å². The first-order chi connectivity index (χ1) is 9.88. The maximum atomic E-state index is 4.75. The van der Waals surface area contributed by atoms with Gasteiger partial charge in [-0.3, -0.25) is 8.97 Å². The van der Waals surface area contributed by atoms with Crippen LogP contribution in [0.1, 0.15) is 5.69 Å². The molecule has 1 aromatic carbocycles. The molecule has 0 fully saturated rings. The number of nitrogens with zero attached hydrogens (tertiary/aromatic N) is 4. The first kappa shape index (κ1) is 11.6. The lowest BCUT2D eigenvalue weighted by molar-refractivity contribution is 0.774. The van der Waals surface area contributed by atoms with Crippen LogP contribution in [-0.2, 0) is 6.54 Å². The molecule has 1 N–H and O–H groups in total. The summed E-state index contributed by atoms with van der Waals surface area (Å²) in [5.41, 5.74) is 3.21. The molecule has 0 aliphatic rings. The van der Waals surface area contributed by atoms with Gasteiger partial charge in [-0.25, -0.2) is 9.97 Å². The molecule has 0 radical (unpaired) electrons. The molecular formula is C14H13N5S. The molecule has 4 rings (SSSR count). The SMILES string of the molecule is CNCc1c(-n2cnc3ccccc32)nc2sccn12. The summed E-state index contributed by atoms with van der Waals surface area (Å²) in [5, 5.41) is 5.27. The molecule has 0 aliphatic carbocycles. The second-order valence-electron chi connectivity index (χ2n) is 4.57. The fourth-order valence-corrected chi connectivity index (χ4v) is 3.20. The van der Waals surface area contributed by atoms with Gasteiger partial charge in [0.2, 0.25) is 0 Å². The predicted molar refractivity (Wildman–Crippen MR) is 80.5 cm³/mol. The van der Waals surface area contributed by atoms with E-state index in [9.17, 15) is 0 Å². The fraction of sp³-hybridized carbons (Fsp3) is 0.143. The summed E-state index contributed by atoms with van der Waals surface area (Å²) >= 11 is 1.64. The summed E-state index contributed by atoms with van der Waals surface area (Å²) in [5.74, 6) is 0.944. The number of para-hydroxylation sites is 2. The summed E-state index contributed by atoms with van der Waals surface area (Å²) in [6.07, 6.45) is 3.90. The van der Waals surface area contributed by atoms with E-state index in [4.69, 9.17) is 4.98 Å². The highest BCUT2D eigenvalue weighted by Gasteiger charge is 2.15. The summed E-state index contributed by atoms with van der Waals surface area (Å²) in [7, 11) is 1.95. The number of hydrogen-bond donors (Lipinski definition) is 1. The zero-order chi connectivity index (χ0) is 13.5. The molecule has 6 heteroatoms. The molecule has 4 aromatic rings. The lowest BCUT2D eigenvalue weighted by Crippen LogP contribution is -2.10. The molecule has 3 heterocycles. The average Bonchev–Trinajstić information content (AvgIpc) is 3.14. The molecule has 0 unspecified atom stereocenters. The number of hydrogen-bond acceptors (Lipinski definition) is 4. The number of thiazole rings is 1. The van der Waals surface area contributed by atoms with Crippen molar-refractivity contribution >= 4 is 27.3 Å². The third kappa shape index (κ3) is 1.59. The number of nitrogens with one attached hydrogen (secondary N) is 1. The van der Waals surface area contributed by atoms with Gasteiger partial charge in [0.1, 0.15) is 6.33 Å². The molecule has 0 saturated heterocycles. The number of benzene rings is 1. The second-order valence-corrected chi connectivity index (χ2v) is 5.44. The number of fused-ring (bicyclic) bond motifs is 2. The van der Waals surface area contributed by atoms with E-state index in [0.717, 1.165) is 34.1 Å². The molecule has 0 spiro atoms. The van der Waals surface area contributed by atoms with E-state index >= 15 is 0 Å². The van der Waals surface area contributed by atoms with Crippen LogP contribution in [0.15, 0.2) is 42.2 Å². The van der Waals surface area contributed by atoms with Crippen molar-refractivity contribution in [2.24, 2.45) is 0 Å². The Morgan fingerprint density at radius 3 is 3.10 bits per heavy atom. The maximum Gasteiger partial charge on any atom is 0.195 e. The van der Waals surface area contributed by atoms with E-state index in [0.29, 0.717) is 0 Å². The number of rotatable bonds is 3. The third-order valence-electron chi connectivity index (χ3n) is 3.37. The van der Waals surface area contributed by atoms with Crippen LogP contribution >= 0.6 is 11.3 Å². The second kappa shape index (κ2) is 4.43. The minimum Gasteiger partial charge on any atom is -0.314 e. The normalized spacial score (nSPS) is 11.7. The third-order valence-corrected chi connectivity index (χ3v) is 4.12. The quantitative estimate of drug-likeness (QED) is 0.628. The lowest BCUT2D eigenvalue weighted by atomic mass is 10.3. The molecule has 100 valence electrons. The van der Waals surface area contributed by atoms with E-state index in [1.54, 1.807) is 11.3 Å². The van der Waals surface area contributed by atoms with Crippen LogP contribution in [0, 0.1) is 0 Å². The fourth-order valence-electron chi connectivity index (χ4n) is 2.47. The summed E-state index contributed by atoms with van der Waals surface area (Å²) in [6.45, 7) is 0.764. The smallest absolute Gasteiger partial charge is 0.195 e. The van der Waals surface area contributed by atoms with Crippen LogP contribution in [0.2, 0.25) is 0 Å². The summed E-state index contributed by atoms with van der Waals surface area (Å²) in [4.78, 5) is 10.2. The Bertz CT molecular complexity index is 885. The van der Waals surface area contributed by atoms with Gasteiger partial charge >= 0.3 is 0 Å². The van der Waals surface area contributed by atoms with Crippen LogP contribution in [0.5, 0.6) is 0 Å². The Hall–Kier alpha value is -2.18. The van der Waals surface area contributed by atoms with E-state index in [-0.39, 0.29) is 0 Å². The van der Waals surface area contributed by atoms with Crippen LogP contribution in [0.4, 0.5) is 0 Å². The minimum absolute atomic E-state index is 0.764. The highest BCUT2D eigenvalue weighted by Crippen LogP contribution is 2.24. The van der Waals surface area contributed by atoms with Crippen molar-refractivity contribution in [2.75, 3.05) is 7.05 Å². The van der Waals surface area contributed by atoms with Gasteiger partial charge in [-0.1, -0.05) is 12.1 Å². The number of aromatic nitrogens is 4. The van der Waals surface area contributed by atoms with E-state index in [1.165, 1.54) is 0 Å². The van der Waals surface area contributed by atoms with Gasteiger partial charge in [-0.15, -0.1) is 11.3 Å². The van der Waals surface area contributed by atoms with E-state index in [2.05, 4.69) is 36.9 Å². The molecule has 3 aromatic heterocycles. The van der Waals surface area contributed by atoms with Crippen LogP contribution in [0.3, 0.4) is 0 Å². The summed E-state index contributed by atoms with van der Waals surface area (Å²) in [6, 6.07) is 8.11. The van der Waals surface area contributed by atoms with Crippen molar-refractivity contribution in [2.45, 2.75) is 6.54 Å². The Labute approximate surface area is 119 Å². The predicted octanol–water partition coefficient (Wildman–Crippen LogP) is 2.45. The maximum absolute atomic E-state index is 4.75. The van der Waals surface area contributed by atoms with Crippen LogP contribution in [0.25, 0.3) is 21.8 Å². The summed E-state index contributed by atoms with van der Waals surface area (Å²) < 4.78 is 4.19. The van der Waals surface area contributed by atoms with Gasteiger partial charge in [0.05, 0.1) is 16.7 Å². The highest BCUT2D eigenvalue weighted by molar-refractivity contribution is 7.15. The minimum atomic E-state index is 0.764. The Balaban J connectivity index is 2.01. The lowest BCUT2D eigenvalue weighted by Gasteiger charge is -2.05. The molecule has 0 atom stereocenters. The topological polar surface area (TPSA) is 47.2 Å². The Morgan fingerprint density at radius 1 is 1.30 bits per heavy atom. The van der Waals surface area contributed by atoms with Crippen LogP contribution < -0.4 is 5.32 Å². The molecule has 0 aliphatic heterocycles. The zero-order valence-corrected chi connectivity index (χ0v) is 11.8. The van der Waals surface area contributed by atoms with Gasteiger partial charge in [-0.2, -0.15) is 0 Å². The first-order valence-electron chi connectivity index (χ1n) is 6.40. The van der Waals surface area contributed by atoms with Gasteiger partial charge in [0.25, 0.3) is 0 Å². The van der Waals surface area contributed by atoms with Gasteiger partial charge in [0.15, 0.2) is 10.8 Å². The highest BCUT2D eigenvalue weighted by atomic mass is 32.1. The van der Waals surface area contributed by atoms with E-state index in [1.807, 2.05) is 31.6 Å². The Morgan fingerprint density at radius 2 is 2.20 bits per heavy atom. The standard InChI is InChI=1S/C14H13N5S/c1-15-8-12-13(17-14-18(12)6-7-20-14)19-9-16-10-4-2-3-5-11(10)19/h2-7,9,15H,8H2,1H3. The molecular weight excluding hydrogens is 270 g/mol. The molecule has 0 amide bonds. The van der Waals surface area contributed by atoms with Crippen molar-refractivity contribution in [1.82, 2.24) is 24.3 Å². The van der Waals surface area contributed by atoms with Crippen molar-refractivity contribution in [3.63, 3.8) is 0 Å². The van der Waals surface area contributed by atoms with Gasteiger partial charge in [0, 0.05) is 18.1 Å². The van der Waals surface area contributed by atoms with Crippen molar-refractivity contribution in [1.29, 1.82) is 0 Å². The van der Waals surface area contributed by atoms with Gasteiger partial charge in [-0.05, 0) is 19.2 Å². The van der Waals surface area contributed by atoms with Crippen molar-refractivity contribution in [3.05, 3.63) is 47.9 Å². The molecule has 20 heavy (non-hydrogen) atoms. The zero-order valence-electron chi connectivity index (χ0n) is 10.9. The Kier molecular flexibility index (Phi) is 2.58. The monoisotopic (exact) mass is 283 g/mol. The first-order valence-corrected chi connectivity index (χ1v) is 7.28. The average molecular weight is 283 g/mol. The molecule has 5 nitrogen and oxygen atoms in total. The molecule has 0 bridgehead atoms. The number of imidazole rings is 2. The van der Waals surface area contributed by atoms with Crippen molar-refractivity contribution < 1.29 is 0 Å².